The number of carbonyl (C=O) groups excluding carboxylic acids is 1. The molecule has 24 heavy (non-hydrogen) atoms. The van der Waals surface area contributed by atoms with Crippen LogP contribution in [-0.2, 0) is 0 Å². The molecule has 0 aliphatic heterocycles. The maximum Gasteiger partial charge on any atom is 0.252 e. The Bertz CT molecular complexity index is 710. The summed E-state index contributed by atoms with van der Waals surface area (Å²) in [7, 11) is 0. The molecule has 0 saturated carbocycles. The Hall–Kier alpha value is -1.68. The number of carbonyl (C=O) groups is 1. The summed E-state index contributed by atoms with van der Waals surface area (Å²) in [6, 6.07) is 12.3. The van der Waals surface area contributed by atoms with E-state index in [0.717, 1.165) is 5.56 Å². The van der Waals surface area contributed by atoms with Crippen molar-refractivity contribution >= 4 is 21.8 Å². The lowest BCUT2D eigenvalue weighted by atomic mass is 9.93. The molecule has 0 spiro atoms. The van der Waals surface area contributed by atoms with Crippen LogP contribution in [0.1, 0.15) is 61.1 Å². The zero-order valence-corrected chi connectivity index (χ0v) is 16.0. The molecule has 2 aromatic carbocycles. The predicted octanol–water partition coefficient (Wildman–Crippen LogP) is 5.84. The molecule has 1 amide bonds. The van der Waals surface area contributed by atoms with Gasteiger partial charge < -0.3 is 5.32 Å². The first kappa shape index (κ1) is 18.7. The van der Waals surface area contributed by atoms with E-state index in [-0.39, 0.29) is 23.7 Å². The molecule has 0 aromatic heterocycles. The molecule has 4 heteroatoms. The molecule has 0 radical (unpaired) electrons. The normalized spacial score (nSPS) is 12.5. The fraction of sp³-hybridized carbons (Fsp3) is 0.350. The Labute approximate surface area is 151 Å². The van der Waals surface area contributed by atoms with Crippen molar-refractivity contribution in [3.8, 4) is 0 Å². The molecular weight excluding hydrogens is 369 g/mol. The van der Waals surface area contributed by atoms with Gasteiger partial charge in [-0.1, -0.05) is 52.0 Å². The van der Waals surface area contributed by atoms with Crippen LogP contribution in [0.3, 0.4) is 0 Å². The van der Waals surface area contributed by atoms with Gasteiger partial charge in [-0.25, -0.2) is 4.39 Å². The molecular formula is C20H23BrFNO. The van der Waals surface area contributed by atoms with Gasteiger partial charge >= 0.3 is 0 Å². The van der Waals surface area contributed by atoms with Crippen LogP contribution in [0.2, 0.25) is 0 Å². The maximum atomic E-state index is 13.2. The third-order valence-electron chi connectivity index (χ3n) is 4.09. The molecule has 0 aliphatic rings. The number of nitrogens with one attached hydrogen (secondary N) is 1. The van der Waals surface area contributed by atoms with E-state index in [2.05, 4.69) is 73.2 Å². The number of halogens is 2. The van der Waals surface area contributed by atoms with Gasteiger partial charge in [-0.2, -0.15) is 0 Å². The number of amides is 1. The molecule has 0 saturated heterocycles. The fourth-order valence-electron chi connectivity index (χ4n) is 2.62. The molecule has 0 bridgehead atoms. The Kier molecular flexibility index (Phi) is 6.16. The zero-order chi connectivity index (χ0) is 17.9. The zero-order valence-electron chi connectivity index (χ0n) is 14.4. The fourth-order valence-corrected chi connectivity index (χ4v) is 3.15. The maximum absolute atomic E-state index is 13.2. The van der Waals surface area contributed by atoms with E-state index in [0.29, 0.717) is 16.0 Å². The lowest BCUT2D eigenvalue weighted by Crippen LogP contribution is -2.32. The lowest BCUT2D eigenvalue weighted by molar-refractivity contribution is 0.0924. The highest BCUT2D eigenvalue weighted by atomic mass is 79.9. The summed E-state index contributed by atoms with van der Waals surface area (Å²) in [6.45, 7) is 8.45. The summed E-state index contributed by atoms with van der Waals surface area (Å²) in [5.41, 5.74) is 2.77. The van der Waals surface area contributed by atoms with Crippen LogP contribution in [0, 0.1) is 11.7 Å². The quantitative estimate of drug-likeness (QED) is 0.681. The van der Waals surface area contributed by atoms with Crippen molar-refractivity contribution in [1.82, 2.24) is 5.32 Å². The van der Waals surface area contributed by atoms with Gasteiger partial charge in [0, 0.05) is 4.47 Å². The van der Waals surface area contributed by atoms with E-state index in [1.54, 1.807) is 0 Å². The van der Waals surface area contributed by atoms with Gasteiger partial charge in [-0.05, 0) is 57.1 Å². The van der Waals surface area contributed by atoms with Crippen LogP contribution in [0.5, 0.6) is 0 Å². The lowest BCUT2D eigenvalue weighted by Gasteiger charge is -2.24. The van der Waals surface area contributed by atoms with Gasteiger partial charge in [0.2, 0.25) is 0 Å². The summed E-state index contributed by atoms with van der Waals surface area (Å²) in [5.74, 6) is 0.121. The second-order valence-electron chi connectivity index (χ2n) is 6.64. The van der Waals surface area contributed by atoms with E-state index >= 15 is 0 Å². The van der Waals surface area contributed by atoms with Crippen LogP contribution < -0.4 is 5.32 Å². The number of rotatable bonds is 5. The highest BCUT2D eigenvalue weighted by Gasteiger charge is 2.20. The molecule has 2 nitrogen and oxygen atoms in total. The van der Waals surface area contributed by atoms with E-state index in [9.17, 15) is 9.18 Å². The molecule has 128 valence electrons. The summed E-state index contributed by atoms with van der Waals surface area (Å²) >= 11 is 3.26. The first-order valence-electron chi connectivity index (χ1n) is 8.15. The monoisotopic (exact) mass is 391 g/mol. The number of hydrogen-bond donors (Lipinski definition) is 1. The summed E-state index contributed by atoms with van der Waals surface area (Å²) in [4.78, 5) is 12.6. The Morgan fingerprint density at radius 1 is 1.00 bits per heavy atom. The van der Waals surface area contributed by atoms with E-state index in [4.69, 9.17) is 0 Å². The molecule has 0 aliphatic carbocycles. The SMILES string of the molecule is CC(C)c1ccc(C(NC(=O)c2ccc(F)cc2Br)C(C)C)cc1. The predicted molar refractivity (Wildman–Crippen MR) is 99.7 cm³/mol. The highest BCUT2D eigenvalue weighted by Crippen LogP contribution is 2.26. The molecule has 0 heterocycles. The summed E-state index contributed by atoms with van der Waals surface area (Å²) in [6.07, 6.45) is 0. The third kappa shape index (κ3) is 4.44. The Morgan fingerprint density at radius 3 is 2.08 bits per heavy atom. The van der Waals surface area contributed by atoms with Crippen LogP contribution in [0.15, 0.2) is 46.9 Å². The second kappa shape index (κ2) is 7.93. The van der Waals surface area contributed by atoms with Gasteiger partial charge in [0.1, 0.15) is 5.82 Å². The molecule has 1 atom stereocenters. The van der Waals surface area contributed by atoms with Crippen LogP contribution >= 0.6 is 15.9 Å². The second-order valence-corrected chi connectivity index (χ2v) is 7.50. The minimum absolute atomic E-state index is 0.101. The van der Waals surface area contributed by atoms with Crippen molar-refractivity contribution in [3.05, 3.63) is 69.4 Å². The summed E-state index contributed by atoms with van der Waals surface area (Å²) < 4.78 is 13.7. The molecule has 1 N–H and O–H groups in total. The van der Waals surface area contributed by atoms with E-state index < -0.39 is 0 Å². The van der Waals surface area contributed by atoms with E-state index in [1.165, 1.54) is 23.8 Å². The van der Waals surface area contributed by atoms with Gasteiger partial charge in [-0.15, -0.1) is 0 Å². The van der Waals surface area contributed by atoms with Crippen LogP contribution in [0.25, 0.3) is 0 Å². The largest absolute Gasteiger partial charge is 0.345 e. The Balaban J connectivity index is 2.23. The van der Waals surface area contributed by atoms with Crippen LogP contribution in [0.4, 0.5) is 4.39 Å². The highest BCUT2D eigenvalue weighted by molar-refractivity contribution is 9.10. The minimum atomic E-state index is -0.372. The third-order valence-corrected chi connectivity index (χ3v) is 4.75. The summed E-state index contributed by atoms with van der Waals surface area (Å²) in [5, 5.41) is 3.07. The van der Waals surface area contributed by atoms with E-state index in [1.807, 2.05) is 0 Å². The smallest absolute Gasteiger partial charge is 0.252 e. The number of benzene rings is 2. The molecule has 2 aromatic rings. The van der Waals surface area contributed by atoms with Crippen LogP contribution in [-0.4, -0.2) is 5.91 Å². The average Bonchev–Trinajstić information content (AvgIpc) is 2.52. The van der Waals surface area contributed by atoms with Crippen molar-refractivity contribution in [2.45, 2.75) is 39.7 Å². The van der Waals surface area contributed by atoms with Crippen molar-refractivity contribution in [2.24, 2.45) is 5.92 Å². The first-order chi connectivity index (χ1) is 11.3. The molecule has 0 fully saturated rings. The Morgan fingerprint density at radius 2 is 1.58 bits per heavy atom. The van der Waals surface area contributed by atoms with Gasteiger partial charge in [0.15, 0.2) is 0 Å². The van der Waals surface area contributed by atoms with Crippen molar-refractivity contribution in [2.75, 3.05) is 0 Å². The van der Waals surface area contributed by atoms with Crippen molar-refractivity contribution in [1.29, 1.82) is 0 Å². The topological polar surface area (TPSA) is 29.1 Å². The molecule has 1 unspecified atom stereocenters. The average molecular weight is 392 g/mol. The minimum Gasteiger partial charge on any atom is -0.345 e. The van der Waals surface area contributed by atoms with Crippen molar-refractivity contribution in [3.63, 3.8) is 0 Å². The number of hydrogen-bond acceptors (Lipinski definition) is 1. The molecule has 2 rings (SSSR count). The van der Waals surface area contributed by atoms with Gasteiger partial charge in [0.25, 0.3) is 5.91 Å². The van der Waals surface area contributed by atoms with Gasteiger partial charge in [-0.3, -0.25) is 4.79 Å². The van der Waals surface area contributed by atoms with Crippen molar-refractivity contribution < 1.29 is 9.18 Å². The standard InChI is InChI=1S/C20H23BrFNO/c1-12(2)14-5-7-15(8-6-14)19(13(3)4)23-20(24)17-10-9-16(22)11-18(17)21/h5-13,19H,1-4H3,(H,23,24). The first-order valence-corrected chi connectivity index (χ1v) is 8.94. The van der Waals surface area contributed by atoms with Gasteiger partial charge in [0.05, 0.1) is 11.6 Å².